The number of hydrogen-bond acceptors (Lipinski definition) is 10. The van der Waals surface area contributed by atoms with E-state index in [2.05, 4.69) is 35.5 Å². The molecule has 2 aliphatic rings. The largest absolute Gasteiger partial charge is 0.491 e. The molecule has 13 heteroatoms. The Balaban J connectivity index is 1.21. The van der Waals surface area contributed by atoms with Crippen LogP contribution in [0.25, 0.3) is 11.4 Å². The number of methoxy groups -OCH3 is 1. The van der Waals surface area contributed by atoms with Gasteiger partial charge in [0.1, 0.15) is 6.61 Å². The molecule has 2 aromatic heterocycles. The lowest BCUT2D eigenvalue weighted by Gasteiger charge is -2.28. The van der Waals surface area contributed by atoms with E-state index in [1.54, 1.807) is 54.9 Å². The van der Waals surface area contributed by atoms with Crippen molar-refractivity contribution in [3.05, 3.63) is 42.9 Å². The van der Waals surface area contributed by atoms with E-state index < -0.39 is 6.03 Å². The number of nitrogens with one attached hydrogen (secondary N) is 2. The van der Waals surface area contributed by atoms with Gasteiger partial charge in [-0.3, -0.25) is 10.1 Å². The molecular formula is C24H26N8O5. The fourth-order valence-electron chi connectivity index (χ4n) is 3.93. The van der Waals surface area contributed by atoms with Gasteiger partial charge in [-0.15, -0.1) is 0 Å². The number of ether oxygens (including phenoxy) is 3. The number of urea groups is 1. The molecule has 0 aliphatic carbocycles. The second-order valence-corrected chi connectivity index (χ2v) is 8.20. The molecule has 2 fully saturated rings. The molecule has 1 aromatic carbocycles. The molecule has 2 aliphatic heterocycles. The van der Waals surface area contributed by atoms with Gasteiger partial charge in [-0.25, -0.2) is 24.7 Å². The lowest BCUT2D eigenvalue weighted by molar-refractivity contribution is -0.125. The minimum absolute atomic E-state index is 0.0703. The average Bonchev–Trinajstić information content (AvgIpc) is 2.94. The predicted octanol–water partition coefficient (Wildman–Crippen LogP) is 1.79. The van der Waals surface area contributed by atoms with Gasteiger partial charge >= 0.3 is 6.03 Å². The fourth-order valence-corrected chi connectivity index (χ4v) is 3.93. The van der Waals surface area contributed by atoms with Crippen molar-refractivity contribution in [1.82, 2.24) is 19.9 Å². The molecule has 0 radical (unpaired) electrons. The average molecular weight is 507 g/mol. The molecule has 2 saturated heterocycles. The van der Waals surface area contributed by atoms with E-state index >= 15 is 0 Å². The van der Waals surface area contributed by atoms with Crippen molar-refractivity contribution in [2.24, 2.45) is 0 Å². The van der Waals surface area contributed by atoms with E-state index in [0.29, 0.717) is 68.1 Å². The molecule has 0 bridgehead atoms. The van der Waals surface area contributed by atoms with E-state index in [0.717, 1.165) is 5.69 Å². The van der Waals surface area contributed by atoms with Crippen molar-refractivity contribution >= 4 is 35.1 Å². The second kappa shape index (κ2) is 11.1. The van der Waals surface area contributed by atoms with Crippen LogP contribution in [0.5, 0.6) is 5.75 Å². The predicted molar refractivity (Wildman–Crippen MR) is 135 cm³/mol. The maximum atomic E-state index is 12.4. The number of carbonyl (C=O) groups is 2. The highest BCUT2D eigenvalue weighted by Crippen LogP contribution is 2.28. The number of amides is 3. The Bertz CT molecular complexity index is 1250. The molecule has 13 nitrogen and oxygen atoms in total. The molecule has 2 N–H and O–H groups in total. The smallest absolute Gasteiger partial charge is 0.326 e. The fraction of sp³-hybridized carbons (Fsp3) is 0.333. The van der Waals surface area contributed by atoms with Gasteiger partial charge < -0.3 is 29.3 Å². The van der Waals surface area contributed by atoms with Crippen LogP contribution in [0.1, 0.15) is 0 Å². The van der Waals surface area contributed by atoms with Crippen molar-refractivity contribution in [1.29, 1.82) is 0 Å². The van der Waals surface area contributed by atoms with Crippen molar-refractivity contribution in [3.63, 3.8) is 0 Å². The Morgan fingerprint density at radius 1 is 0.946 bits per heavy atom. The van der Waals surface area contributed by atoms with Gasteiger partial charge in [-0.1, -0.05) is 0 Å². The van der Waals surface area contributed by atoms with Gasteiger partial charge in [0.25, 0.3) is 5.91 Å². The zero-order valence-corrected chi connectivity index (χ0v) is 20.2. The summed E-state index contributed by atoms with van der Waals surface area (Å²) in [5.74, 6) is 1.73. The first-order chi connectivity index (χ1) is 18.1. The van der Waals surface area contributed by atoms with Crippen molar-refractivity contribution in [2.75, 3.05) is 73.6 Å². The van der Waals surface area contributed by atoms with Gasteiger partial charge in [0.15, 0.2) is 17.4 Å². The summed E-state index contributed by atoms with van der Waals surface area (Å²) in [6.07, 6.45) is 4.70. The molecule has 0 spiro atoms. The van der Waals surface area contributed by atoms with E-state index in [1.807, 2.05) is 0 Å². The Labute approximate surface area is 212 Å². The maximum absolute atomic E-state index is 12.4. The molecule has 4 heterocycles. The number of rotatable bonds is 6. The third-order valence-electron chi connectivity index (χ3n) is 5.82. The summed E-state index contributed by atoms with van der Waals surface area (Å²) in [4.78, 5) is 45.6. The molecule has 192 valence electrons. The van der Waals surface area contributed by atoms with E-state index in [9.17, 15) is 9.59 Å². The molecule has 0 saturated carbocycles. The van der Waals surface area contributed by atoms with Gasteiger partial charge in [-0.05, 0) is 24.3 Å². The number of aromatic nitrogens is 4. The zero-order chi connectivity index (χ0) is 25.6. The number of hydrogen-bond donors (Lipinski definition) is 2. The van der Waals surface area contributed by atoms with Gasteiger partial charge in [0, 0.05) is 43.4 Å². The summed E-state index contributed by atoms with van der Waals surface area (Å²) in [7, 11) is 1.58. The highest BCUT2D eigenvalue weighted by Gasteiger charge is 2.21. The van der Waals surface area contributed by atoms with Crippen LogP contribution in [0.3, 0.4) is 0 Å². The van der Waals surface area contributed by atoms with Gasteiger partial charge in [0.2, 0.25) is 5.95 Å². The molecule has 3 amide bonds. The third-order valence-corrected chi connectivity index (χ3v) is 5.82. The number of anilines is 4. The maximum Gasteiger partial charge on any atom is 0.326 e. The molecule has 37 heavy (non-hydrogen) atoms. The second-order valence-electron chi connectivity index (χ2n) is 8.20. The summed E-state index contributed by atoms with van der Waals surface area (Å²) >= 11 is 0. The molecule has 3 aromatic rings. The van der Waals surface area contributed by atoms with Gasteiger partial charge in [-0.2, -0.15) is 0 Å². The molecule has 5 rings (SSSR count). The topological polar surface area (TPSA) is 144 Å². The Kier molecular flexibility index (Phi) is 7.33. The first-order valence-electron chi connectivity index (χ1n) is 11.7. The quantitative estimate of drug-likeness (QED) is 0.508. The number of morpholine rings is 2. The number of nitrogens with zero attached hydrogens (tertiary/aromatic N) is 6. The van der Waals surface area contributed by atoms with Crippen molar-refractivity contribution in [3.8, 4) is 17.1 Å². The van der Waals surface area contributed by atoms with E-state index in [-0.39, 0.29) is 18.5 Å². The van der Waals surface area contributed by atoms with Gasteiger partial charge in [0.05, 0.1) is 38.7 Å². The van der Waals surface area contributed by atoms with Crippen LogP contribution >= 0.6 is 0 Å². The monoisotopic (exact) mass is 506 g/mol. The van der Waals surface area contributed by atoms with Crippen LogP contribution in [-0.2, 0) is 14.3 Å². The molecule has 0 atom stereocenters. The van der Waals surface area contributed by atoms with Crippen molar-refractivity contribution in [2.45, 2.75) is 0 Å². The zero-order valence-electron chi connectivity index (χ0n) is 20.2. The number of carbonyl (C=O) groups excluding carboxylic acids is 2. The van der Waals surface area contributed by atoms with E-state index in [4.69, 9.17) is 14.2 Å². The highest BCUT2D eigenvalue weighted by molar-refractivity contribution is 5.99. The third kappa shape index (κ3) is 5.73. The van der Waals surface area contributed by atoms with Crippen LogP contribution in [-0.4, -0.2) is 85.0 Å². The summed E-state index contributed by atoms with van der Waals surface area (Å²) in [6.45, 7) is 3.70. The molecular weight excluding hydrogens is 480 g/mol. The van der Waals surface area contributed by atoms with Crippen LogP contribution in [0.2, 0.25) is 0 Å². The first-order valence-corrected chi connectivity index (χ1v) is 11.7. The summed E-state index contributed by atoms with van der Waals surface area (Å²) < 4.78 is 16.0. The Hall–Kier alpha value is -4.36. The lowest BCUT2D eigenvalue weighted by Crippen LogP contribution is -2.41. The van der Waals surface area contributed by atoms with Crippen LogP contribution < -0.4 is 25.2 Å². The van der Waals surface area contributed by atoms with Crippen molar-refractivity contribution < 1.29 is 23.8 Å². The Morgan fingerprint density at radius 3 is 2.38 bits per heavy atom. The Morgan fingerprint density at radius 2 is 1.68 bits per heavy atom. The van der Waals surface area contributed by atoms with Crippen LogP contribution in [0, 0.1) is 0 Å². The number of benzene rings is 1. The van der Waals surface area contributed by atoms with Crippen LogP contribution in [0.4, 0.5) is 27.9 Å². The van der Waals surface area contributed by atoms with Crippen LogP contribution in [0.15, 0.2) is 42.9 Å². The van der Waals surface area contributed by atoms with E-state index in [1.165, 1.54) is 0 Å². The first kappa shape index (κ1) is 24.3. The molecule has 0 unspecified atom stereocenters. The summed E-state index contributed by atoms with van der Waals surface area (Å²) in [5, 5.41) is 5.32. The minimum atomic E-state index is -0.502. The summed E-state index contributed by atoms with van der Waals surface area (Å²) in [6, 6.07) is 6.47. The normalized spacial score (nSPS) is 15.9. The lowest BCUT2D eigenvalue weighted by atomic mass is 10.2. The SMILES string of the molecule is COc1cnc(-c2cnc(NC(=O)Nc3ccc(N4CCOCC4=O)cc3)nc2)nc1N1CCOCC1. The highest BCUT2D eigenvalue weighted by atomic mass is 16.5. The minimum Gasteiger partial charge on any atom is -0.491 e. The summed E-state index contributed by atoms with van der Waals surface area (Å²) in [5.41, 5.74) is 1.90. The standard InChI is InChI=1S/C24H26N8O5/c1-35-19-14-25-21(29-22(19)31-6-9-36-10-7-31)16-12-26-23(27-13-16)30-24(34)28-17-2-4-18(5-3-17)32-8-11-37-15-20(32)33/h2-5,12-14H,6-11,15H2,1H3,(H2,26,27,28,30,34).